The lowest BCUT2D eigenvalue weighted by molar-refractivity contribution is 0.373. The van der Waals surface area contributed by atoms with Crippen LogP contribution in [0, 0.1) is 18.3 Å². The number of hydrazone groups is 1. The fraction of sp³-hybridized carbons (Fsp3) is 0.154. The number of phenols is 1. The first kappa shape index (κ1) is 13.4. The Bertz CT molecular complexity index is 685. The zero-order valence-electron chi connectivity index (χ0n) is 10.9. The lowest BCUT2D eigenvalue weighted by atomic mass is 10.2. The van der Waals surface area contributed by atoms with Crippen LogP contribution in [0.3, 0.4) is 0 Å². The van der Waals surface area contributed by atoms with E-state index in [9.17, 15) is 5.11 Å². The second-order valence-corrected chi connectivity index (χ2v) is 3.82. The van der Waals surface area contributed by atoms with E-state index in [4.69, 9.17) is 14.4 Å². The first-order valence-electron chi connectivity index (χ1n) is 5.67. The molecule has 0 saturated carbocycles. The Morgan fingerprint density at radius 3 is 3.05 bits per heavy atom. The number of anilines is 1. The third-order valence-electron chi connectivity index (χ3n) is 2.42. The van der Waals surface area contributed by atoms with Gasteiger partial charge in [-0.25, -0.2) is 10.4 Å². The summed E-state index contributed by atoms with van der Waals surface area (Å²) in [6.45, 7) is 1.64. The highest BCUT2D eigenvalue weighted by molar-refractivity contribution is 5.81. The minimum absolute atomic E-state index is 0.0511. The molecule has 20 heavy (non-hydrogen) atoms. The van der Waals surface area contributed by atoms with Crippen LogP contribution in [0.4, 0.5) is 5.88 Å². The number of hydrogen-bond acceptors (Lipinski definition) is 7. The molecule has 0 atom stereocenters. The smallest absolute Gasteiger partial charge is 0.252 e. The van der Waals surface area contributed by atoms with Gasteiger partial charge in [-0.1, -0.05) is 0 Å². The van der Waals surface area contributed by atoms with E-state index >= 15 is 0 Å². The van der Waals surface area contributed by atoms with Crippen molar-refractivity contribution in [2.24, 2.45) is 5.10 Å². The summed E-state index contributed by atoms with van der Waals surface area (Å²) in [6, 6.07) is 6.68. The molecular weight excluding hydrogens is 260 g/mol. The van der Waals surface area contributed by atoms with Crippen LogP contribution in [0.25, 0.3) is 0 Å². The van der Waals surface area contributed by atoms with Gasteiger partial charge < -0.3 is 14.3 Å². The Kier molecular flexibility index (Phi) is 3.86. The van der Waals surface area contributed by atoms with Gasteiger partial charge in [-0.2, -0.15) is 10.4 Å². The topological polar surface area (TPSA) is 104 Å². The number of hydrogen-bond donors (Lipinski definition) is 2. The molecule has 7 nitrogen and oxygen atoms in total. The summed E-state index contributed by atoms with van der Waals surface area (Å²) in [5.41, 5.74) is 3.45. The Morgan fingerprint density at radius 1 is 1.55 bits per heavy atom. The van der Waals surface area contributed by atoms with Crippen LogP contribution in [-0.4, -0.2) is 23.4 Å². The van der Waals surface area contributed by atoms with Crippen molar-refractivity contribution in [3.05, 3.63) is 35.3 Å². The largest absolute Gasteiger partial charge is 0.504 e. The lowest BCUT2D eigenvalue weighted by Gasteiger charge is -2.03. The van der Waals surface area contributed by atoms with Gasteiger partial charge in [0.05, 0.1) is 13.3 Å². The quantitative estimate of drug-likeness (QED) is 0.651. The highest BCUT2D eigenvalue weighted by Gasteiger charge is 2.08. The molecule has 102 valence electrons. The summed E-state index contributed by atoms with van der Waals surface area (Å²) in [4.78, 5) is 3.88. The Labute approximate surface area is 115 Å². The van der Waals surface area contributed by atoms with Crippen molar-refractivity contribution in [3.8, 4) is 17.6 Å². The van der Waals surface area contributed by atoms with Crippen LogP contribution in [0.2, 0.25) is 0 Å². The summed E-state index contributed by atoms with van der Waals surface area (Å²) in [5.74, 6) is 0.968. The van der Waals surface area contributed by atoms with E-state index < -0.39 is 0 Å². The van der Waals surface area contributed by atoms with E-state index in [1.165, 1.54) is 19.4 Å². The first-order valence-corrected chi connectivity index (χ1v) is 5.67. The molecule has 0 aliphatic carbocycles. The summed E-state index contributed by atoms with van der Waals surface area (Å²) in [7, 11) is 1.46. The average molecular weight is 272 g/mol. The minimum atomic E-state index is 0.0511. The fourth-order valence-electron chi connectivity index (χ4n) is 1.52. The second kappa shape index (κ2) is 5.75. The normalized spacial score (nSPS) is 10.4. The van der Waals surface area contributed by atoms with Crippen LogP contribution in [0.5, 0.6) is 11.5 Å². The maximum Gasteiger partial charge on any atom is 0.252 e. The van der Waals surface area contributed by atoms with E-state index in [1.54, 1.807) is 19.1 Å². The third-order valence-corrected chi connectivity index (χ3v) is 2.42. The summed E-state index contributed by atoms with van der Waals surface area (Å²) < 4.78 is 10.2. The Hall–Kier alpha value is -3.01. The number of nitriles is 1. The van der Waals surface area contributed by atoms with Crippen molar-refractivity contribution in [3.63, 3.8) is 0 Å². The number of ether oxygens (including phenoxy) is 1. The van der Waals surface area contributed by atoms with Crippen molar-refractivity contribution in [1.82, 2.24) is 4.98 Å². The number of benzene rings is 1. The summed E-state index contributed by atoms with van der Waals surface area (Å²) in [5, 5.41) is 22.2. The first-order chi connectivity index (χ1) is 9.63. The number of aromatic hydroxyl groups is 1. The lowest BCUT2D eigenvalue weighted by Crippen LogP contribution is -1.92. The summed E-state index contributed by atoms with van der Waals surface area (Å²) in [6.07, 6.45) is 1.50. The maximum atomic E-state index is 9.47. The number of oxazole rings is 1. The SMILES string of the molecule is COc1cc(/C=N/Nc2oc(C)nc2C#N)ccc1O. The average Bonchev–Trinajstić information content (AvgIpc) is 2.81. The summed E-state index contributed by atoms with van der Waals surface area (Å²) >= 11 is 0. The predicted octanol–water partition coefficient (Wildman–Crippen LogP) is 2.01. The highest BCUT2D eigenvalue weighted by atomic mass is 16.5. The molecule has 0 radical (unpaired) electrons. The zero-order valence-corrected chi connectivity index (χ0v) is 10.9. The molecule has 0 spiro atoms. The van der Waals surface area contributed by atoms with Crippen LogP contribution in [-0.2, 0) is 0 Å². The van der Waals surface area contributed by atoms with Crippen LogP contribution in [0.15, 0.2) is 27.7 Å². The van der Waals surface area contributed by atoms with Crippen molar-refractivity contribution in [2.45, 2.75) is 6.92 Å². The Balaban J connectivity index is 2.12. The number of nitrogens with zero attached hydrogens (tertiary/aromatic N) is 3. The number of nitrogens with one attached hydrogen (secondary N) is 1. The van der Waals surface area contributed by atoms with Gasteiger partial charge in [0.25, 0.3) is 5.88 Å². The number of rotatable bonds is 4. The number of phenolic OH excluding ortho intramolecular Hbond substituents is 1. The van der Waals surface area contributed by atoms with Gasteiger partial charge in [0.2, 0.25) is 5.69 Å². The van der Waals surface area contributed by atoms with E-state index in [0.717, 1.165) is 0 Å². The molecule has 0 bridgehead atoms. The molecule has 1 aromatic carbocycles. The molecule has 1 aromatic heterocycles. The van der Waals surface area contributed by atoms with E-state index in [1.807, 2.05) is 6.07 Å². The van der Waals surface area contributed by atoms with Crippen molar-refractivity contribution in [1.29, 1.82) is 5.26 Å². The zero-order chi connectivity index (χ0) is 14.5. The van der Waals surface area contributed by atoms with E-state index in [0.29, 0.717) is 17.2 Å². The molecule has 2 N–H and O–H groups in total. The molecule has 0 unspecified atom stereocenters. The van der Waals surface area contributed by atoms with Crippen molar-refractivity contribution in [2.75, 3.05) is 12.5 Å². The van der Waals surface area contributed by atoms with Crippen LogP contribution >= 0.6 is 0 Å². The molecule has 2 aromatic rings. The molecule has 0 saturated heterocycles. The molecule has 0 aliphatic rings. The monoisotopic (exact) mass is 272 g/mol. The molecular formula is C13H12N4O3. The van der Waals surface area contributed by atoms with E-state index in [2.05, 4.69) is 15.5 Å². The predicted molar refractivity (Wildman–Crippen MR) is 71.8 cm³/mol. The number of methoxy groups -OCH3 is 1. The standard InChI is InChI=1S/C13H12N4O3/c1-8-16-10(6-14)13(20-8)17-15-7-9-3-4-11(18)12(5-9)19-2/h3-5,7,17-18H,1-2H3/b15-7+. The maximum absolute atomic E-state index is 9.47. The van der Waals surface area contributed by atoms with Gasteiger partial charge in [-0.15, -0.1) is 0 Å². The number of aryl methyl sites for hydroxylation is 1. The van der Waals surface area contributed by atoms with Gasteiger partial charge in [0.1, 0.15) is 6.07 Å². The molecule has 0 amide bonds. The van der Waals surface area contributed by atoms with E-state index in [-0.39, 0.29) is 17.3 Å². The molecule has 7 heteroatoms. The second-order valence-electron chi connectivity index (χ2n) is 3.82. The van der Waals surface area contributed by atoms with Crippen molar-refractivity contribution >= 4 is 12.1 Å². The fourth-order valence-corrected chi connectivity index (χ4v) is 1.52. The van der Waals surface area contributed by atoms with Gasteiger partial charge in [-0.3, -0.25) is 0 Å². The van der Waals surface area contributed by atoms with Crippen LogP contribution < -0.4 is 10.2 Å². The van der Waals surface area contributed by atoms with Gasteiger partial charge >= 0.3 is 0 Å². The van der Waals surface area contributed by atoms with Gasteiger partial charge in [-0.05, 0) is 23.8 Å². The molecule has 2 rings (SSSR count). The van der Waals surface area contributed by atoms with Crippen molar-refractivity contribution < 1.29 is 14.3 Å². The third kappa shape index (κ3) is 2.87. The molecule has 0 aliphatic heterocycles. The Morgan fingerprint density at radius 2 is 2.35 bits per heavy atom. The number of aromatic nitrogens is 1. The molecule has 1 heterocycles. The van der Waals surface area contributed by atoms with Gasteiger partial charge in [0.15, 0.2) is 17.4 Å². The molecule has 0 fully saturated rings. The van der Waals surface area contributed by atoms with Gasteiger partial charge in [0, 0.05) is 6.92 Å². The highest BCUT2D eigenvalue weighted by Crippen LogP contribution is 2.25. The minimum Gasteiger partial charge on any atom is -0.504 e. The van der Waals surface area contributed by atoms with Crippen LogP contribution in [0.1, 0.15) is 17.1 Å².